The van der Waals surface area contributed by atoms with Gasteiger partial charge in [0.05, 0.1) is 25.3 Å². The first-order chi connectivity index (χ1) is 16.8. The van der Waals surface area contributed by atoms with Crippen LogP contribution in [0.2, 0.25) is 0 Å². The minimum Gasteiger partial charge on any atom is -0.507 e. The van der Waals surface area contributed by atoms with Gasteiger partial charge in [0.2, 0.25) is 0 Å². The van der Waals surface area contributed by atoms with Crippen molar-refractivity contribution < 1.29 is 33.7 Å². The number of rotatable bonds is 7. The van der Waals surface area contributed by atoms with Crippen LogP contribution in [0.4, 0.5) is 4.39 Å². The van der Waals surface area contributed by atoms with E-state index in [1.165, 1.54) is 29.2 Å². The fraction of sp³-hybridized carbons (Fsp3) is 0.185. The highest BCUT2D eigenvalue weighted by atomic mass is 19.1. The van der Waals surface area contributed by atoms with E-state index in [1.807, 2.05) is 0 Å². The molecule has 4 rings (SSSR count). The predicted octanol–water partition coefficient (Wildman–Crippen LogP) is 4.56. The van der Waals surface area contributed by atoms with Gasteiger partial charge < -0.3 is 24.6 Å². The maximum Gasteiger partial charge on any atom is 0.295 e. The normalized spacial score (nSPS) is 17.0. The zero-order valence-electron chi connectivity index (χ0n) is 19.2. The van der Waals surface area contributed by atoms with Gasteiger partial charge in [-0.3, -0.25) is 9.59 Å². The number of hydrogen-bond donors (Lipinski definition) is 2. The van der Waals surface area contributed by atoms with Crippen molar-refractivity contribution in [1.29, 1.82) is 0 Å². The summed E-state index contributed by atoms with van der Waals surface area (Å²) in [5.41, 5.74) is 1.26. The van der Waals surface area contributed by atoms with E-state index in [0.29, 0.717) is 17.9 Å². The first-order valence-electron chi connectivity index (χ1n) is 11.0. The van der Waals surface area contributed by atoms with Gasteiger partial charge in [0, 0.05) is 12.1 Å². The Morgan fingerprint density at radius 1 is 1.03 bits per heavy atom. The van der Waals surface area contributed by atoms with Crippen molar-refractivity contribution in [3.8, 4) is 17.2 Å². The number of ether oxygens (including phenoxy) is 2. The number of nitrogens with zero attached hydrogens (tertiary/aromatic N) is 1. The number of benzene rings is 3. The average Bonchev–Trinajstić information content (AvgIpc) is 3.11. The number of carbonyl (C=O) groups excluding carboxylic acids is 2. The predicted molar refractivity (Wildman–Crippen MR) is 127 cm³/mol. The third-order valence-corrected chi connectivity index (χ3v) is 5.77. The van der Waals surface area contributed by atoms with Gasteiger partial charge in [-0.25, -0.2) is 4.39 Å². The van der Waals surface area contributed by atoms with Gasteiger partial charge in [-0.2, -0.15) is 0 Å². The van der Waals surface area contributed by atoms with Gasteiger partial charge in [0.1, 0.15) is 17.3 Å². The lowest BCUT2D eigenvalue weighted by atomic mass is 9.94. The monoisotopic (exact) mass is 477 g/mol. The molecule has 1 saturated heterocycles. The molecular formula is C27H24FNO6. The summed E-state index contributed by atoms with van der Waals surface area (Å²) in [6.07, 6.45) is 0. The number of ketones is 1. The molecule has 1 fully saturated rings. The third-order valence-electron chi connectivity index (χ3n) is 5.77. The third kappa shape index (κ3) is 4.68. The molecule has 2 N–H and O–H groups in total. The fourth-order valence-corrected chi connectivity index (χ4v) is 4.05. The Morgan fingerprint density at radius 2 is 1.71 bits per heavy atom. The lowest BCUT2D eigenvalue weighted by molar-refractivity contribution is -0.140. The molecule has 8 heteroatoms. The summed E-state index contributed by atoms with van der Waals surface area (Å²) in [5, 5.41) is 21.2. The van der Waals surface area contributed by atoms with Crippen molar-refractivity contribution in [2.75, 3.05) is 13.7 Å². The summed E-state index contributed by atoms with van der Waals surface area (Å²) in [4.78, 5) is 27.7. The fourth-order valence-electron chi connectivity index (χ4n) is 4.05. The van der Waals surface area contributed by atoms with E-state index in [0.717, 1.165) is 17.7 Å². The summed E-state index contributed by atoms with van der Waals surface area (Å²) < 4.78 is 24.1. The minimum absolute atomic E-state index is 0.0737. The molecule has 1 unspecified atom stereocenters. The number of likely N-dealkylation sites (tertiary alicyclic amines) is 1. The Bertz CT molecular complexity index is 1280. The van der Waals surface area contributed by atoms with Crippen LogP contribution in [0.1, 0.15) is 29.7 Å². The quantitative estimate of drug-likeness (QED) is 0.294. The molecule has 0 bridgehead atoms. The van der Waals surface area contributed by atoms with Crippen LogP contribution in [0, 0.1) is 5.82 Å². The molecule has 7 nitrogen and oxygen atoms in total. The van der Waals surface area contributed by atoms with Crippen LogP contribution in [0.3, 0.4) is 0 Å². The zero-order chi connectivity index (χ0) is 25.1. The van der Waals surface area contributed by atoms with Crippen LogP contribution in [0.5, 0.6) is 17.2 Å². The molecule has 3 aromatic rings. The van der Waals surface area contributed by atoms with Crippen molar-refractivity contribution >= 4 is 17.4 Å². The molecule has 1 atom stereocenters. The van der Waals surface area contributed by atoms with E-state index in [-0.39, 0.29) is 29.2 Å². The highest BCUT2D eigenvalue weighted by molar-refractivity contribution is 6.46. The Labute approximate surface area is 201 Å². The molecule has 1 aliphatic rings. The topological polar surface area (TPSA) is 96.3 Å². The number of aliphatic hydroxyl groups is 1. The number of aromatic hydroxyl groups is 1. The van der Waals surface area contributed by atoms with Crippen molar-refractivity contribution in [2.45, 2.75) is 19.5 Å². The van der Waals surface area contributed by atoms with E-state index in [4.69, 9.17) is 9.47 Å². The van der Waals surface area contributed by atoms with Crippen molar-refractivity contribution in [3.05, 3.63) is 94.8 Å². The Balaban J connectivity index is 1.85. The van der Waals surface area contributed by atoms with Crippen molar-refractivity contribution in [2.24, 2.45) is 0 Å². The van der Waals surface area contributed by atoms with E-state index in [2.05, 4.69) is 0 Å². The lowest BCUT2D eigenvalue weighted by Gasteiger charge is -2.26. The average molecular weight is 477 g/mol. The second-order valence-electron chi connectivity index (χ2n) is 7.94. The van der Waals surface area contributed by atoms with Crippen LogP contribution in [-0.2, 0) is 16.1 Å². The molecule has 0 spiro atoms. The Hall–Kier alpha value is -4.33. The standard InChI is InChI=1S/C27H24FNO6/c1-3-35-22-14-18(8-13-21(22)30)24-23(25(31)17-6-9-19(28)10-7-17)26(32)27(33)29(24)15-16-4-11-20(34-2)12-5-16/h4-14,24,30-31H,3,15H2,1-2H3/b25-23-. The van der Waals surface area contributed by atoms with Gasteiger partial charge in [0.15, 0.2) is 11.5 Å². The molecule has 1 heterocycles. The summed E-state index contributed by atoms with van der Waals surface area (Å²) in [6, 6.07) is 15.6. The number of aliphatic hydroxyl groups excluding tert-OH is 1. The second kappa shape index (κ2) is 9.89. The number of phenols is 1. The number of methoxy groups -OCH3 is 1. The van der Waals surface area contributed by atoms with Crippen LogP contribution in [-0.4, -0.2) is 40.5 Å². The number of amides is 1. The summed E-state index contributed by atoms with van der Waals surface area (Å²) in [5.74, 6) is -1.85. The molecule has 0 radical (unpaired) electrons. The number of Topliss-reactive ketones (excluding diaryl/α,β-unsaturated/α-hetero) is 1. The Kier molecular flexibility index (Phi) is 6.73. The van der Waals surface area contributed by atoms with Gasteiger partial charge in [0.25, 0.3) is 11.7 Å². The lowest BCUT2D eigenvalue weighted by Crippen LogP contribution is -2.29. The molecule has 0 saturated carbocycles. The molecule has 1 amide bonds. The van der Waals surface area contributed by atoms with Crippen molar-refractivity contribution in [3.63, 3.8) is 0 Å². The second-order valence-corrected chi connectivity index (χ2v) is 7.94. The maximum atomic E-state index is 13.4. The zero-order valence-corrected chi connectivity index (χ0v) is 19.2. The molecule has 1 aliphatic heterocycles. The van der Waals surface area contributed by atoms with E-state index < -0.39 is 29.3 Å². The maximum absolute atomic E-state index is 13.4. The smallest absolute Gasteiger partial charge is 0.295 e. The van der Waals surface area contributed by atoms with E-state index in [9.17, 15) is 24.2 Å². The Morgan fingerprint density at radius 3 is 2.34 bits per heavy atom. The first-order valence-corrected chi connectivity index (χ1v) is 11.0. The number of phenolic OH excluding ortho intramolecular Hbond substituents is 1. The van der Waals surface area contributed by atoms with Crippen LogP contribution >= 0.6 is 0 Å². The summed E-state index contributed by atoms with van der Waals surface area (Å²) in [7, 11) is 1.55. The van der Waals surface area contributed by atoms with Gasteiger partial charge >= 0.3 is 0 Å². The van der Waals surface area contributed by atoms with Crippen molar-refractivity contribution in [1.82, 2.24) is 4.90 Å². The van der Waals surface area contributed by atoms with E-state index in [1.54, 1.807) is 44.4 Å². The molecule has 0 aromatic heterocycles. The molecule has 35 heavy (non-hydrogen) atoms. The van der Waals surface area contributed by atoms with Gasteiger partial charge in [-0.1, -0.05) is 18.2 Å². The largest absolute Gasteiger partial charge is 0.507 e. The van der Waals surface area contributed by atoms with Crippen LogP contribution in [0.25, 0.3) is 5.76 Å². The first kappa shape index (κ1) is 23.8. The molecule has 180 valence electrons. The SMILES string of the molecule is CCOc1cc(C2/C(=C(/O)c3ccc(F)cc3)C(=O)C(=O)N2Cc2ccc(OC)cc2)ccc1O. The van der Waals surface area contributed by atoms with E-state index >= 15 is 0 Å². The minimum atomic E-state index is -0.970. The van der Waals surface area contributed by atoms with Gasteiger partial charge in [-0.15, -0.1) is 0 Å². The van der Waals surface area contributed by atoms with Gasteiger partial charge in [-0.05, 0) is 66.6 Å². The highest BCUT2D eigenvalue weighted by Crippen LogP contribution is 2.42. The number of halogens is 1. The highest BCUT2D eigenvalue weighted by Gasteiger charge is 2.46. The number of carbonyl (C=O) groups is 2. The summed E-state index contributed by atoms with van der Waals surface area (Å²) in [6.45, 7) is 2.12. The summed E-state index contributed by atoms with van der Waals surface area (Å²) >= 11 is 0. The van der Waals surface area contributed by atoms with Crippen LogP contribution < -0.4 is 9.47 Å². The molecule has 3 aromatic carbocycles. The number of hydrogen-bond acceptors (Lipinski definition) is 6. The van der Waals surface area contributed by atoms with Crippen LogP contribution in [0.15, 0.2) is 72.3 Å². The molecule has 0 aliphatic carbocycles. The molecular weight excluding hydrogens is 453 g/mol.